The molecule has 4 nitrogen and oxygen atoms in total. The molecule has 2 heterocycles. The predicted octanol–water partition coefficient (Wildman–Crippen LogP) is 4.93. The van der Waals surface area contributed by atoms with Gasteiger partial charge in [-0.3, -0.25) is 9.36 Å². The summed E-state index contributed by atoms with van der Waals surface area (Å²) in [5, 5.41) is 8.90. The van der Waals surface area contributed by atoms with E-state index in [1.54, 1.807) is 0 Å². The maximum atomic E-state index is 4.45. The SMILES string of the molecule is CC(CCC(C)c1cnn(C(C)C)c1)c1cnn(C(C)C)c1. The van der Waals surface area contributed by atoms with Gasteiger partial charge in [-0.05, 0) is 63.5 Å². The average molecular weight is 302 g/mol. The van der Waals surface area contributed by atoms with Gasteiger partial charge in [0, 0.05) is 24.5 Å². The predicted molar refractivity (Wildman–Crippen MR) is 91.3 cm³/mol. The van der Waals surface area contributed by atoms with Crippen LogP contribution in [0.25, 0.3) is 0 Å². The fourth-order valence-electron chi connectivity index (χ4n) is 2.61. The smallest absolute Gasteiger partial charge is 0.0524 e. The summed E-state index contributed by atoms with van der Waals surface area (Å²) in [4.78, 5) is 0. The van der Waals surface area contributed by atoms with Crippen molar-refractivity contribution in [2.75, 3.05) is 0 Å². The Morgan fingerprint density at radius 3 is 1.36 bits per heavy atom. The Morgan fingerprint density at radius 2 is 1.09 bits per heavy atom. The lowest BCUT2D eigenvalue weighted by molar-refractivity contribution is 0.527. The molecular formula is C18H30N4. The second-order valence-electron chi connectivity index (χ2n) is 7.07. The Kier molecular flexibility index (Phi) is 5.43. The lowest BCUT2D eigenvalue weighted by atomic mass is 9.92. The quantitative estimate of drug-likeness (QED) is 0.727. The molecule has 4 heteroatoms. The molecule has 2 unspecified atom stereocenters. The third kappa shape index (κ3) is 3.99. The lowest BCUT2D eigenvalue weighted by Crippen LogP contribution is -2.01. The van der Waals surface area contributed by atoms with Crippen molar-refractivity contribution >= 4 is 0 Å². The Labute approximate surface area is 134 Å². The summed E-state index contributed by atoms with van der Waals surface area (Å²) >= 11 is 0. The van der Waals surface area contributed by atoms with Crippen molar-refractivity contribution in [3.63, 3.8) is 0 Å². The molecular weight excluding hydrogens is 272 g/mol. The molecule has 2 aromatic heterocycles. The molecule has 0 aliphatic rings. The van der Waals surface area contributed by atoms with Gasteiger partial charge < -0.3 is 0 Å². The van der Waals surface area contributed by atoms with Crippen LogP contribution in [0.3, 0.4) is 0 Å². The second-order valence-corrected chi connectivity index (χ2v) is 7.07. The van der Waals surface area contributed by atoms with Crippen molar-refractivity contribution in [2.45, 2.75) is 78.3 Å². The molecule has 0 N–H and O–H groups in total. The molecule has 22 heavy (non-hydrogen) atoms. The number of hydrogen-bond acceptors (Lipinski definition) is 2. The van der Waals surface area contributed by atoms with Crippen LogP contribution in [-0.2, 0) is 0 Å². The first-order valence-corrected chi connectivity index (χ1v) is 8.46. The van der Waals surface area contributed by atoms with Crippen molar-refractivity contribution in [1.29, 1.82) is 0 Å². The van der Waals surface area contributed by atoms with Gasteiger partial charge in [0.05, 0.1) is 12.4 Å². The van der Waals surface area contributed by atoms with Crippen LogP contribution in [0.4, 0.5) is 0 Å². The first-order chi connectivity index (χ1) is 10.4. The molecule has 0 aliphatic carbocycles. The molecule has 2 aromatic rings. The van der Waals surface area contributed by atoms with Crippen molar-refractivity contribution in [3.05, 3.63) is 35.9 Å². The minimum absolute atomic E-state index is 0.432. The number of nitrogens with zero attached hydrogens (tertiary/aromatic N) is 4. The van der Waals surface area contributed by atoms with Crippen molar-refractivity contribution in [3.8, 4) is 0 Å². The van der Waals surface area contributed by atoms with Crippen molar-refractivity contribution in [1.82, 2.24) is 19.6 Å². The minimum atomic E-state index is 0.432. The van der Waals surface area contributed by atoms with Crippen LogP contribution in [0.5, 0.6) is 0 Å². The summed E-state index contributed by atoms with van der Waals surface area (Å²) in [6, 6.07) is 0.864. The maximum Gasteiger partial charge on any atom is 0.0524 e. The van der Waals surface area contributed by atoms with E-state index in [1.807, 2.05) is 21.8 Å². The Balaban J connectivity index is 1.90. The Morgan fingerprint density at radius 1 is 0.727 bits per heavy atom. The van der Waals surface area contributed by atoms with Crippen LogP contribution >= 0.6 is 0 Å². The van der Waals surface area contributed by atoms with E-state index >= 15 is 0 Å². The second kappa shape index (κ2) is 7.12. The molecule has 2 atom stereocenters. The summed E-state index contributed by atoms with van der Waals surface area (Å²) in [6.07, 6.45) is 10.8. The molecule has 2 rings (SSSR count). The summed E-state index contributed by atoms with van der Waals surface area (Å²) in [6.45, 7) is 13.2. The van der Waals surface area contributed by atoms with Gasteiger partial charge in [0.25, 0.3) is 0 Å². The van der Waals surface area contributed by atoms with Crippen LogP contribution in [0.15, 0.2) is 24.8 Å². The van der Waals surface area contributed by atoms with Crippen molar-refractivity contribution in [2.24, 2.45) is 0 Å². The fourth-order valence-corrected chi connectivity index (χ4v) is 2.61. The molecule has 0 aromatic carbocycles. The van der Waals surface area contributed by atoms with Crippen LogP contribution in [0, 0.1) is 0 Å². The first kappa shape index (κ1) is 16.8. The third-order valence-electron chi connectivity index (χ3n) is 4.47. The largest absolute Gasteiger partial charge is 0.270 e. The van der Waals surface area contributed by atoms with E-state index in [2.05, 4.69) is 64.1 Å². The fraction of sp³-hybridized carbons (Fsp3) is 0.667. The molecule has 0 amide bonds. The first-order valence-electron chi connectivity index (χ1n) is 8.46. The summed E-state index contributed by atoms with van der Waals surface area (Å²) < 4.78 is 4.09. The number of aromatic nitrogens is 4. The third-order valence-corrected chi connectivity index (χ3v) is 4.47. The zero-order valence-corrected chi connectivity index (χ0v) is 14.8. The van der Waals surface area contributed by atoms with Gasteiger partial charge in [0.15, 0.2) is 0 Å². The monoisotopic (exact) mass is 302 g/mol. The van der Waals surface area contributed by atoms with Gasteiger partial charge >= 0.3 is 0 Å². The normalized spacial score (nSPS) is 14.7. The highest BCUT2D eigenvalue weighted by Crippen LogP contribution is 2.27. The molecule has 0 saturated carbocycles. The van der Waals surface area contributed by atoms with Crippen LogP contribution in [-0.4, -0.2) is 19.6 Å². The van der Waals surface area contributed by atoms with Crippen LogP contribution in [0.1, 0.15) is 89.4 Å². The van der Waals surface area contributed by atoms with Crippen molar-refractivity contribution < 1.29 is 0 Å². The maximum absolute atomic E-state index is 4.45. The van der Waals surface area contributed by atoms with E-state index in [0.29, 0.717) is 23.9 Å². The summed E-state index contributed by atoms with van der Waals surface area (Å²) in [5.41, 5.74) is 2.69. The highest BCUT2D eigenvalue weighted by atomic mass is 15.3. The Bertz CT molecular complexity index is 527. The standard InChI is InChI=1S/C18H30N4/c1-13(2)21-11-17(9-19-21)15(5)7-8-16(6)18-10-20-22(12-18)14(3)4/h9-16H,7-8H2,1-6H3. The minimum Gasteiger partial charge on any atom is -0.270 e. The molecule has 0 aliphatic heterocycles. The van der Waals surface area contributed by atoms with E-state index in [4.69, 9.17) is 0 Å². The van der Waals surface area contributed by atoms with E-state index in [-0.39, 0.29) is 0 Å². The van der Waals surface area contributed by atoms with Gasteiger partial charge in [0.2, 0.25) is 0 Å². The molecule has 0 radical (unpaired) electrons. The zero-order chi connectivity index (χ0) is 16.3. The van der Waals surface area contributed by atoms with Gasteiger partial charge in [-0.25, -0.2) is 0 Å². The topological polar surface area (TPSA) is 35.6 Å². The molecule has 0 spiro atoms. The number of rotatable bonds is 7. The molecule has 122 valence electrons. The van der Waals surface area contributed by atoms with Gasteiger partial charge in [-0.2, -0.15) is 10.2 Å². The molecule has 0 bridgehead atoms. The van der Waals surface area contributed by atoms with E-state index in [9.17, 15) is 0 Å². The Hall–Kier alpha value is -1.58. The highest BCUT2D eigenvalue weighted by molar-refractivity contribution is 5.13. The summed E-state index contributed by atoms with van der Waals surface area (Å²) in [5.74, 6) is 1.10. The van der Waals surface area contributed by atoms with Crippen LogP contribution < -0.4 is 0 Å². The van der Waals surface area contributed by atoms with Crippen LogP contribution in [0.2, 0.25) is 0 Å². The molecule has 0 saturated heterocycles. The van der Waals surface area contributed by atoms with E-state index in [1.165, 1.54) is 24.0 Å². The highest BCUT2D eigenvalue weighted by Gasteiger charge is 2.14. The van der Waals surface area contributed by atoms with E-state index < -0.39 is 0 Å². The average Bonchev–Trinajstić information content (AvgIpc) is 3.12. The van der Waals surface area contributed by atoms with E-state index in [0.717, 1.165) is 0 Å². The lowest BCUT2D eigenvalue weighted by Gasteiger charge is -2.13. The van der Waals surface area contributed by atoms with Gasteiger partial charge in [0.1, 0.15) is 0 Å². The van der Waals surface area contributed by atoms with Gasteiger partial charge in [-0.1, -0.05) is 13.8 Å². The number of hydrogen-bond donors (Lipinski definition) is 0. The summed E-state index contributed by atoms with van der Waals surface area (Å²) in [7, 11) is 0. The van der Waals surface area contributed by atoms with Gasteiger partial charge in [-0.15, -0.1) is 0 Å². The molecule has 0 fully saturated rings. The zero-order valence-electron chi connectivity index (χ0n) is 14.8.